The molecule has 0 fully saturated rings. The quantitative estimate of drug-likeness (QED) is 0.200. The Kier molecular flexibility index (Phi) is 5.50. The summed E-state index contributed by atoms with van der Waals surface area (Å²) in [6, 6.07) is 52.2. The van der Waals surface area contributed by atoms with E-state index in [1.807, 2.05) is 12.3 Å². The first-order valence-corrected chi connectivity index (χ1v) is 14.9. The highest BCUT2D eigenvalue weighted by molar-refractivity contribution is 6.19. The Bertz CT molecular complexity index is 2490. The van der Waals surface area contributed by atoms with Gasteiger partial charge in [-0.15, -0.1) is 0 Å². The number of hydrogen-bond donors (Lipinski definition) is 0. The molecule has 0 saturated carbocycles. The average Bonchev–Trinajstić information content (AvgIpc) is 3.48. The van der Waals surface area contributed by atoms with E-state index >= 15 is 0 Å². The topological polar surface area (TPSA) is 29.3 Å². The lowest BCUT2D eigenvalue weighted by atomic mass is 10.00. The molecule has 3 heteroatoms. The van der Waals surface area contributed by atoms with Crippen LogP contribution in [-0.2, 0) is 0 Å². The van der Waals surface area contributed by atoms with Crippen molar-refractivity contribution >= 4 is 71.3 Å². The number of rotatable bonds is 4. The van der Waals surface area contributed by atoms with E-state index in [9.17, 15) is 0 Å². The minimum atomic E-state index is 0.801. The second kappa shape index (κ2) is 9.82. The molecule has 0 aliphatic rings. The molecule has 0 radical (unpaired) electrons. The van der Waals surface area contributed by atoms with E-state index in [2.05, 4.69) is 149 Å². The summed E-state index contributed by atoms with van der Waals surface area (Å²) in [4.78, 5) is 6.64. The molecule has 0 atom stereocenters. The molecule has 206 valence electrons. The van der Waals surface area contributed by atoms with Crippen LogP contribution in [0.2, 0.25) is 0 Å². The number of furan rings is 1. The van der Waals surface area contributed by atoms with Crippen molar-refractivity contribution in [1.29, 1.82) is 0 Å². The SMILES string of the molecule is c1ccc(-c2ccc(N(c3ccc4c(ccc5ccccc54)c3)c3ccc4ccc5oc6cnccc6c5c4c3)cc2)cc1. The van der Waals surface area contributed by atoms with Crippen molar-refractivity contribution in [2.75, 3.05) is 4.90 Å². The fourth-order valence-electron chi connectivity index (χ4n) is 6.60. The lowest BCUT2D eigenvalue weighted by Crippen LogP contribution is -2.10. The fraction of sp³-hybridized carbons (Fsp3) is 0. The monoisotopic (exact) mass is 562 g/mol. The normalized spacial score (nSPS) is 11.6. The average molecular weight is 563 g/mol. The van der Waals surface area contributed by atoms with Crippen molar-refractivity contribution in [2.24, 2.45) is 0 Å². The van der Waals surface area contributed by atoms with Crippen LogP contribution in [0, 0.1) is 0 Å². The Morgan fingerprint density at radius 1 is 0.432 bits per heavy atom. The predicted octanol–water partition coefficient (Wildman–Crippen LogP) is 11.6. The van der Waals surface area contributed by atoms with E-state index in [1.54, 1.807) is 6.20 Å². The molecule has 9 aromatic rings. The number of pyridine rings is 1. The van der Waals surface area contributed by atoms with Crippen LogP contribution in [0.3, 0.4) is 0 Å². The molecule has 2 heterocycles. The molecule has 0 spiro atoms. The third kappa shape index (κ3) is 3.94. The number of fused-ring (bicyclic) bond motifs is 8. The van der Waals surface area contributed by atoms with Gasteiger partial charge >= 0.3 is 0 Å². The molecule has 0 aliphatic heterocycles. The van der Waals surface area contributed by atoms with E-state index in [-0.39, 0.29) is 0 Å². The molecule has 0 N–H and O–H groups in total. The van der Waals surface area contributed by atoms with Crippen LogP contribution in [0.5, 0.6) is 0 Å². The van der Waals surface area contributed by atoms with Gasteiger partial charge in [-0.05, 0) is 92.0 Å². The Balaban J connectivity index is 1.26. The number of benzene rings is 7. The lowest BCUT2D eigenvalue weighted by molar-refractivity contribution is 0.667. The maximum Gasteiger partial charge on any atom is 0.153 e. The van der Waals surface area contributed by atoms with Crippen molar-refractivity contribution in [3.8, 4) is 11.1 Å². The molecule has 0 bridgehead atoms. The van der Waals surface area contributed by atoms with Crippen LogP contribution in [0.15, 0.2) is 162 Å². The lowest BCUT2D eigenvalue weighted by Gasteiger charge is -2.26. The zero-order valence-electron chi connectivity index (χ0n) is 23.8. The van der Waals surface area contributed by atoms with Crippen LogP contribution < -0.4 is 4.90 Å². The molecule has 0 aliphatic carbocycles. The largest absolute Gasteiger partial charge is 0.454 e. The van der Waals surface area contributed by atoms with Gasteiger partial charge in [0.2, 0.25) is 0 Å². The third-order valence-electron chi connectivity index (χ3n) is 8.72. The molecule has 9 rings (SSSR count). The van der Waals surface area contributed by atoms with E-state index in [4.69, 9.17) is 4.42 Å². The highest BCUT2D eigenvalue weighted by Crippen LogP contribution is 2.41. The molecule has 0 saturated heterocycles. The Hall–Kier alpha value is -5.93. The zero-order chi connectivity index (χ0) is 29.0. The van der Waals surface area contributed by atoms with Crippen LogP contribution in [0.1, 0.15) is 0 Å². The minimum absolute atomic E-state index is 0.801. The number of anilines is 3. The van der Waals surface area contributed by atoms with Gasteiger partial charge in [0, 0.05) is 34.0 Å². The Morgan fingerprint density at radius 3 is 2.00 bits per heavy atom. The van der Waals surface area contributed by atoms with Crippen LogP contribution in [0.25, 0.3) is 65.4 Å². The van der Waals surface area contributed by atoms with Crippen molar-refractivity contribution in [3.63, 3.8) is 0 Å². The molecule has 3 nitrogen and oxygen atoms in total. The molecular weight excluding hydrogens is 536 g/mol. The summed E-state index contributed by atoms with van der Waals surface area (Å²) < 4.78 is 6.19. The van der Waals surface area contributed by atoms with Crippen molar-refractivity contribution in [2.45, 2.75) is 0 Å². The number of aromatic nitrogens is 1. The standard InChI is InChI=1S/C41H26N2O/c1-2-6-27(7-3-1)28-12-16-32(17-13-28)43(33-19-20-36-31(24-33)11-10-29-8-4-5-9-35(29)36)34-18-14-30-15-21-39-41(38(30)25-34)37-22-23-42-26-40(37)44-39/h1-26H. The highest BCUT2D eigenvalue weighted by Gasteiger charge is 2.17. The van der Waals surface area contributed by atoms with Gasteiger partial charge in [-0.2, -0.15) is 0 Å². The summed E-state index contributed by atoms with van der Waals surface area (Å²) in [6.45, 7) is 0. The number of nitrogens with zero attached hydrogens (tertiary/aromatic N) is 2. The maximum atomic E-state index is 6.19. The van der Waals surface area contributed by atoms with Crippen LogP contribution >= 0.6 is 0 Å². The molecule has 0 unspecified atom stereocenters. The Labute approximate surface area is 254 Å². The Morgan fingerprint density at radius 2 is 1.09 bits per heavy atom. The summed E-state index contributed by atoms with van der Waals surface area (Å²) in [7, 11) is 0. The molecule has 7 aromatic carbocycles. The van der Waals surface area contributed by atoms with Gasteiger partial charge in [0.1, 0.15) is 5.58 Å². The van der Waals surface area contributed by atoms with Crippen LogP contribution in [0.4, 0.5) is 17.1 Å². The molecular formula is C41H26N2O. The van der Waals surface area contributed by atoms with Gasteiger partial charge in [-0.1, -0.05) is 97.1 Å². The maximum absolute atomic E-state index is 6.19. The molecule has 0 amide bonds. The van der Waals surface area contributed by atoms with Crippen molar-refractivity contribution in [1.82, 2.24) is 4.98 Å². The van der Waals surface area contributed by atoms with Gasteiger partial charge in [0.15, 0.2) is 5.58 Å². The van der Waals surface area contributed by atoms with Gasteiger partial charge < -0.3 is 9.32 Å². The smallest absolute Gasteiger partial charge is 0.153 e. The van der Waals surface area contributed by atoms with Crippen LogP contribution in [-0.4, -0.2) is 4.98 Å². The van der Waals surface area contributed by atoms with E-state index in [0.29, 0.717) is 0 Å². The van der Waals surface area contributed by atoms with Gasteiger partial charge in [0.25, 0.3) is 0 Å². The molecule has 2 aromatic heterocycles. The first-order valence-electron chi connectivity index (χ1n) is 14.9. The van der Waals surface area contributed by atoms with Gasteiger partial charge in [-0.3, -0.25) is 4.98 Å². The third-order valence-corrected chi connectivity index (χ3v) is 8.72. The second-order valence-electron chi connectivity index (χ2n) is 11.3. The van der Waals surface area contributed by atoms with Crippen molar-refractivity contribution in [3.05, 3.63) is 158 Å². The number of hydrogen-bond acceptors (Lipinski definition) is 3. The van der Waals surface area contributed by atoms with E-state index < -0.39 is 0 Å². The molecule has 44 heavy (non-hydrogen) atoms. The minimum Gasteiger partial charge on any atom is -0.454 e. The van der Waals surface area contributed by atoms with Gasteiger partial charge in [0.05, 0.1) is 6.20 Å². The zero-order valence-corrected chi connectivity index (χ0v) is 23.8. The first kappa shape index (κ1) is 24.6. The summed E-state index contributed by atoms with van der Waals surface area (Å²) >= 11 is 0. The summed E-state index contributed by atoms with van der Waals surface area (Å²) in [5.41, 5.74) is 7.35. The van der Waals surface area contributed by atoms with E-state index in [0.717, 1.165) is 44.4 Å². The van der Waals surface area contributed by atoms with Gasteiger partial charge in [-0.25, -0.2) is 0 Å². The van der Waals surface area contributed by atoms with E-state index in [1.165, 1.54) is 38.1 Å². The fourth-order valence-corrected chi connectivity index (χ4v) is 6.60. The predicted molar refractivity (Wildman–Crippen MR) is 184 cm³/mol. The second-order valence-corrected chi connectivity index (χ2v) is 11.3. The summed E-state index contributed by atoms with van der Waals surface area (Å²) in [5, 5.41) is 9.51. The summed E-state index contributed by atoms with van der Waals surface area (Å²) in [6.07, 6.45) is 3.63. The first-order chi connectivity index (χ1) is 21.8. The highest BCUT2D eigenvalue weighted by atomic mass is 16.3. The summed E-state index contributed by atoms with van der Waals surface area (Å²) in [5.74, 6) is 0. The van der Waals surface area contributed by atoms with Crippen molar-refractivity contribution < 1.29 is 4.42 Å².